The molecule has 1 aromatic heterocycles. The van der Waals surface area contributed by atoms with Crippen LogP contribution in [0.4, 0.5) is 0 Å². The summed E-state index contributed by atoms with van der Waals surface area (Å²) in [6, 6.07) is 6.51. The van der Waals surface area contributed by atoms with Gasteiger partial charge in [-0.25, -0.2) is 4.79 Å². The summed E-state index contributed by atoms with van der Waals surface area (Å²) >= 11 is 0. The Bertz CT molecular complexity index is 607. The molecule has 1 aromatic carbocycles. The van der Waals surface area contributed by atoms with E-state index in [0.717, 1.165) is 0 Å². The molecule has 1 N–H and O–H groups in total. The van der Waals surface area contributed by atoms with Gasteiger partial charge in [0.15, 0.2) is 0 Å². The van der Waals surface area contributed by atoms with Gasteiger partial charge in [-0.05, 0) is 18.1 Å². The Balaban J connectivity index is 2.41. The third kappa shape index (κ3) is 2.70. The van der Waals surface area contributed by atoms with Crippen LogP contribution in [0.25, 0.3) is 11.5 Å². The Morgan fingerprint density at radius 2 is 2.05 bits per heavy atom. The van der Waals surface area contributed by atoms with Gasteiger partial charge in [-0.2, -0.15) is 4.98 Å². The summed E-state index contributed by atoms with van der Waals surface area (Å²) in [7, 11) is 1.58. The fraction of sp³-hybridized carbons (Fsp3) is 0.357. The molecule has 20 heavy (non-hydrogen) atoms. The Hall–Kier alpha value is -2.21. The van der Waals surface area contributed by atoms with Crippen molar-refractivity contribution in [3.63, 3.8) is 0 Å². The van der Waals surface area contributed by atoms with E-state index in [1.54, 1.807) is 25.3 Å². The van der Waals surface area contributed by atoms with Gasteiger partial charge in [0.05, 0.1) is 11.1 Å². The van der Waals surface area contributed by atoms with Gasteiger partial charge in [0.25, 0.3) is 5.89 Å². The fourth-order valence-electron chi connectivity index (χ4n) is 1.99. The maximum atomic E-state index is 11.2. The van der Waals surface area contributed by atoms with Crippen molar-refractivity contribution in [3.05, 3.63) is 35.7 Å². The summed E-state index contributed by atoms with van der Waals surface area (Å²) in [5.41, 5.74) is 0.526. The molecular weight excluding hydrogens is 260 g/mol. The number of aromatic nitrogens is 2. The molecule has 0 aliphatic rings. The largest absolute Gasteiger partial charge is 0.478 e. The number of aromatic carboxylic acids is 1. The zero-order valence-corrected chi connectivity index (χ0v) is 11.5. The van der Waals surface area contributed by atoms with Crippen molar-refractivity contribution < 1.29 is 19.2 Å². The third-order valence-electron chi connectivity index (χ3n) is 2.94. The molecule has 1 heterocycles. The second-order valence-electron chi connectivity index (χ2n) is 4.71. The van der Waals surface area contributed by atoms with Crippen molar-refractivity contribution in [1.82, 2.24) is 10.1 Å². The van der Waals surface area contributed by atoms with Gasteiger partial charge in [-0.15, -0.1) is 0 Å². The highest BCUT2D eigenvalue weighted by Gasteiger charge is 2.23. The van der Waals surface area contributed by atoms with Crippen LogP contribution in [0.2, 0.25) is 0 Å². The molecule has 0 spiro atoms. The Kier molecular flexibility index (Phi) is 4.14. The summed E-state index contributed by atoms with van der Waals surface area (Å²) in [5, 5.41) is 13.0. The van der Waals surface area contributed by atoms with Crippen LogP contribution in [0.3, 0.4) is 0 Å². The molecule has 0 saturated carbocycles. The van der Waals surface area contributed by atoms with Crippen molar-refractivity contribution in [1.29, 1.82) is 0 Å². The summed E-state index contributed by atoms with van der Waals surface area (Å²) in [5.74, 6) is -0.258. The number of methoxy groups -OCH3 is 1. The monoisotopic (exact) mass is 276 g/mol. The van der Waals surface area contributed by atoms with Gasteiger partial charge >= 0.3 is 5.97 Å². The molecule has 0 bridgehead atoms. The second-order valence-corrected chi connectivity index (χ2v) is 4.71. The van der Waals surface area contributed by atoms with Crippen molar-refractivity contribution in [2.45, 2.75) is 20.0 Å². The predicted octanol–water partition coefficient (Wildman–Crippen LogP) is 2.78. The molecule has 2 rings (SSSR count). The maximum Gasteiger partial charge on any atom is 0.336 e. The van der Waals surface area contributed by atoms with E-state index in [0.29, 0.717) is 11.4 Å². The normalized spacial score (nSPS) is 12.6. The highest BCUT2D eigenvalue weighted by atomic mass is 16.5. The first-order valence-electron chi connectivity index (χ1n) is 6.23. The SMILES string of the molecule is COC(c1noc(-c2ccccc2C(=O)O)n1)C(C)C. The minimum Gasteiger partial charge on any atom is -0.478 e. The van der Waals surface area contributed by atoms with Crippen LogP contribution >= 0.6 is 0 Å². The first-order valence-corrected chi connectivity index (χ1v) is 6.23. The number of carbonyl (C=O) groups is 1. The van der Waals surface area contributed by atoms with Crippen LogP contribution < -0.4 is 0 Å². The molecule has 1 atom stereocenters. The number of nitrogens with zero attached hydrogens (tertiary/aromatic N) is 2. The molecule has 0 fully saturated rings. The molecule has 106 valence electrons. The summed E-state index contributed by atoms with van der Waals surface area (Å²) in [4.78, 5) is 15.4. The predicted molar refractivity (Wildman–Crippen MR) is 71.3 cm³/mol. The molecule has 0 aliphatic heterocycles. The Labute approximate surface area is 116 Å². The zero-order valence-electron chi connectivity index (χ0n) is 11.5. The number of hydrogen-bond donors (Lipinski definition) is 1. The van der Waals surface area contributed by atoms with Gasteiger partial charge in [0.1, 0.15) is 6.10 Å². The number of ether oxygens (including phenoxy) is 1. The van der Waals surface area contributed by atoms with Crippen molar-refractivity contribution in [2.24, 2.45) is 5.92 Å². The van der Waals surface area contributed by atoms with Crippen LogP contribution in [-0.4, -0.2) is 28.3 Å². The first kappa shape index (κ1) is 14.2. The molecule has 6 heteroatoms. The van der Waals surface area contributed by atoms with E-state index in [2.05, 4.69) is 10.1 Å². The molecule has 1 unspecified atom stereocenters. The maximum absolute atomic E-state index is 11.2. The van der Waals surface area contributed by atoms with Gasteiger partial charge in [-0.1, -0.05) is 31.1 Å². The van der Waals surface area contributed by atoms with Crippen LogP contribution in [0.5, 0.6) is 0 Å². The average Bonchev–Trinajstić information content (AvgIpc) is 2.88. The fourth-order valence-corrected chi connectivity index (χ4v) is 1.99. The first-order chi connectivity index (χ1) is 9.54. The minimum absolute atomic E-state index is 0.126. The molecule has 2 aromatic rings. The van der Waals surface area contributed by atoms with Crippen molar-refractivity contribution in [2.75, 3.05) is 7.11 Å². The van der Waals surface area contributed by atoms with E-state index < -0.39 is 5.97 Å². The van der Waals surface area contributed by atoms with Crippen LogP contribution in [0.1, 0.15) is 36.1 Å². The lowest BCUT2D eigenvalue weighted by Gasteiger charge is -2.14. The molecule has 0 radical (unpaired) electrons. The summed E-state index contributed by atoms with van der Waals surface area (Å²) in [6.45, 7) is 3.96. The lowest BCUT2D eigenvalue weighted by atomic mass is 10.1. The molecular formula is C14H16N2O4. The number of carboxylic acid groups (broad SMARTS) is 1. The van der Waals surface area contributed by atoms with E-state index in [1.165, 1.54) is 6.07 Å². The Morgan fingerprint density at radius 1 is 1.35 bits per heavy atom. The number of rotatable bonds is 5. The van der Waals surface area contributed by atoms with Gasteiger partial charge in [-0.3, -0.25) is 0 Å². The van der Waals surface area contributed by atoms with Crippen molar-refractivity contribution >= 4 is 5.97 Å². The van der Waals surface area contributed by atoms with E-state index in [1.807, 2.05) is 13.8 Å². The van der Waals surface area contributed by atoms with Crippen LogP contribution in [-0.2, 0) is 4.74 Å². The number of hydrogen-bond acceptors (Lipinski definition) is 5. The second kappa shape index (κ2) is 5.83. The Morgan fingerprint density at radius 3 is 2.65 bits per heavy atom. The van der Waals surface area contributed by atoms with Gasteiger partial charge in [0, 0.05) is 7.11 Å². The number of benzene rings is 1. The van der Waals surface area contributed by atoms with E-state index in [-0.39, 0.29) is 23.5 Å². The smallest absolute Gasteiger partial charge is 0.336 e. The zero-order chi connectivity index (χ0) is 14.7. The van der Waals surface area contributed by atoms with E-state index >= 15 is 0 Å². The topological polar surface area (TPSA) is 85.5 Å². The standard InChI is InChI=1S/C14H16N2O4/c1-8(2)11(19-3)12-15-13(20-16-12)9-6-4-5-7-10(9)14(17)18/h4-8,11H,1-3H3,(H,17,18). The lowest BCUT2D eigenvalue weighted by Crippen LogP contribution is -2.10. The van der Waals surface area contributed by atoms with E-state index in [4.69, 9.17) is 14.4 Å². The molecule has 0 aliphatic carbocycles. The lowest BCUT2D eigenvalue weighted by molar-refractivity contribution is 0.0556. The quantitative estimate of drug-likeness (QED) is 0.903. The summed E-state index contributed by atoms with van der Waals surface area (Å²) in [6.07, 6.45) is -0.288. The van der Waals surface area contributed by atoms with E-state index in [9.17, 15) is 4.79 Å². The summed E-state index contributed by atoms with van der Waals surface area (Å²) < 4.78 is 10.5. The molecule has 0 saturated heterocycles. The third-order valence-corrected chi connectivity index (χ3v) is 2.94. The van der Waals surface area contributed by atoms with Crippen LogP contribution in [0, 0.1) is 5.92 Å². The molecule has 0 amide bonds. The van der Waals surface area contributed by atoms with Crippen molar-refractivity contribution in [3.8, 4) is 11.5 Å². The average molecular weight is 276 g/mol. The minimum atomic E-state index is -1.03. The van der Waals surface area contributed by atoms with Crippen LogP contribution in [0.15, 0.2) is 28.8 Å². The van der Waals surface area contributed by atoms with Gasteiger partial charge in [0.2, 0.25) is 5.82 Å². The van der Waals surface area contributed by atoms with Gasteiger partial charge < -0.3 is 14.4 Å². The molecule has 6 nitrogen and oxygen atoms in total. The highest BCUT2D eigenvalue weighted by Crippen LogP contribution is 2.27. The highest BCUT2D eigenvalue weighted by molar-refractivity contribution is 5.94. The number of carboxylic acids is 1.